The van der Waals surface area contributed by atoms with E-state index in [4.69, 9.17) is 9.47 Å². The molecule has 1 amide bonds. The Morgan fingerprint density at radius 3 is 2.67 bits per heavy atom. The summed E-state index contributed by atoms with van der Waals surface area (Å²) in [5.74, 6) is 1.41. The lowest BCUT2D eigenvalue weighted by Gasteiger charge is -2.18. The molecule has 0 atom stereocenters. The number of benzene rings is 2. The number of hydrogen-bond donors (Lipinski definition) is 1. The largest absolute Gasteiger partial charge is 0.486 e. The molecule has 1 N–H and O–H groups in total. The maximum absolute atomic E-state index is 12.1. The van der Waals surface area contributed by atoms with Crippen molar-refractivity contribution in [3.63, 3.8) is 0 Å². The van der Waals surface area contributed by atoms with Crippen LogP contribution in [0.5, 0.6) is 11.5 Å². The van der Waals surface area contributed by atoms with Gasteiger partial charge < -0.3 is 14.8 Å². The zero-order valence-corrected chi connectivity index (χ0v) is 11.9. The molecule has 4 nitrogen and oxygen atoms in total. The van der Waals surface area contributed by atoms with Crippen LogP contribution in [0.15, 0.2) is 42.5 Å². The quantitative estimate of drug-likeness (QED) is 0.942. The number of carbonyl (C=O) groups excluding carboxylic acids is 1. The maximum atomic E-state index is 12.1. The molecule has 1 aliphatic rings. The molecule has 0 unspecified atom stereocenters. The van der Waals surface area contributed by atoms with Crippen molar-refractivity contribution in [2.45, 2.75) is 13.3 Å². The summed E-state index contributed by atoms with van der Waals surface area (Å²) in [6, 6.07) is 13.3. The summed E-state index contributed by atoms with van der Waals surface area (Å²) >= 11 is 0. The number of fused-ring (bicyclic) bond motifs is 1. The summed E-state index contributed by atoms with van der Waals surface area (Å²) in [6.07, 6.45) is 0.310. The van der Waals surface area contributed by atoms with Gasteiger partial charge in [-0.25, -0.2) is 0 Å². The van der Waals surface area contributed by atoms with Crippen LogP contribution in [0, 0.1) is 6.92 Å². The topological polar surface area (TPSA) is 47.6 Å². The number of aryl methyl sites for hydroxylation is 1. The first-order chi connectivity index (χ1) is 10.2. The van der Waals surface area contributed by atoms with Gasteiger partial charge >= 0.3 is 0 Å². The number of hydrogen-bond acceptors (Lipinski definition) is 3. The molecule has 0 bridgehead atoms. The third kappa shape index (κ3) is 3.16. The molecule has 0 saturated heterocycles. The predicted octanol–water partition coefficient (Wildman–Crippen LogP) is 2.95. The van der Waals surface area contributed by atoms with Crippen LogP contribution < -0.4 is 14.8 Å². The van der Waals surface area contributed by atoms with Crippen LogP contribution in [0.2, 0.25) is 0 Å². The number of carbonyl (C=O) groups is 1. The van der Waals surface area contributed by atoms with Crippen LogP contribution in [0.25, 0.3) is 0 Å². The number of para-hydroxylation sites is 1. The van der Waals surface area contributed by atoms with E-state index in [1.54, 1.807) is 0 Å². The second kappa shape index (κ2) is 5.87. The first-order valence-corrected chi connectivity index (χ1v) is 6.96. The zero-order chi connectivity index (χ0) is 14.7. The van der Waals surface area contributed by atoms with E-state index in [2.05, 4.69) is 5.32 Å². The van der Waals surface area contributed by atoms with E-state index < -0.39 is 0 Å². The van der Waals surface area contributed by atoms with Gasteiger partial charge in [-0.2, -0.15) is 0 Å². The van der Waals surface area contributed by atoms with E-state index >= 15 is 0 Å². The van der Waals surface area contributed by atoms with Gasteiger partial charge in [-0.1, -0.05) is 24.3 Å². The molecule has 0 spiro atoms. The van der Waals surface area contributed by atoms with Crippen LogP contribution >= 0.6 is 0 Å². The molecule has 3 rings (SSSR count). The van der Waals surface area contributed by atoms with Gasteiger partial charge in [0.1, 0.15) is 13.2 Å². The van der Waals surface area contributed by atoms with E-state index in [1.807, 2.05) is 49.4 Å². The van der Waals surface area contributed by atoms with Crippen molar-refractivity contribution in [1.82, 2.24) is 0 Å². The molecule has 1 heterocycles. The molecular weight excluding hydrogens is 266 g/mol. The molecule has 4 heteroatoms. The Kier molecular flexibility index (Phi) is 3.77. The molecule has 0 saturated carbocycles. The van der Waals surface area contributed by atoms with Crippen LogP contribution in [0.4, 0.5) is 5.69 Å². The van der Waals surface area contributed by atoms with Crippen LogP contribution in [-0.4, -0.2) is 19.1 Å². The van der Waals surface area contributed by atoms with Crippen molar-refractivity contribution in [2.24, 2.45) is 0 Å². The first kappa shape index (κ1) is 13.5. The molecule has 2 aromatic carbocycles. The smallest absolute Gasteiger partial charge is 0.228 e. The normalized spacial score (nSPS) is 12.8. The highest BCUT2D eigenvalue weighted by Gasteiger charge is 2.13. The van der Waals surface area contributed by atoms with Gasteiger partial charge in [-0.15, -0.1) is 0 Å². The highest BCUT2D eigenvalue weighted by atomic mass is 16.6. The molecule has 0 aliphatic carbocycles. The summed E-state index contributed by atoms with van der Waals surface area (Å²) in [7, 11) is 0. The molecule has 21 heavy (non-hydrogen) atoms. The van der Waals surface area contributed by atoms with Gasteiger partial charge in [0.25, 0.3) is 0 Å². The highest BCUT2D eigenvalue weighted by molar-refractivity contribution is 5.93. The van der Waals surface area contributed by atoms with E-state index in [9.17, 15) is 4.79 Å². The number of nitrogens with one attached hydrogen (secondary N) is 1. The van der Waals surface area contributed by atoms with Crippen molar-refractivity contribution in [2.75, 3.05) is 18.5 Å². The van der Waals surface area contributed by atoms with E-state index in [-0.39, 0.29) is 5.91 Å². The Bertz CT molecular complexity index is 667. The standard InChI is InChI=1S/C17H17NO3/c1-12-4-2-3-5-14(12)18-17(19)11-13-6-7-15-16(10-13)21-9-8-20-15/h2-7,10H,8-9,11H2,1H3,(H,18,19). The van der Waals surface area contributed by atoms with Crippen molar-refractivity contribution in [3.8, 4) is 11.5 Å². The number of anilines is 1. The SMILES string of the molecule is Cc1ccccc1NC(=O)Cc1ccc2c(c1)OCCO2. The Labute approximate surface area is 123 Å². The highest BCUT2D eigenvalue weighted by Crippen LogP contribution is 2.30. The van der Waals surface area contributed by atoms with Crippen LogP contribution in [0.1, 0.15) is 11.1 Å². The van der Waals surface area contributed by atoms with E-state index in [1.165, 1.54) is 0 Å². The van der Waals surface area contributed by atoms with Gasteiger partial charge in [0.15, 0.2) is 11.5 Å². The van der Waals surface area contributed by atoms with Gasteiger partial charge in [-0.3, -0.25) is 4.79 Å². The maximum Gasteiger partial charge on any atom is 0.228 e. The molecule has 0 radical (unpaired) electrons. The third-order valence-electron chi connectivity index (χ3n) is 3.39. The van der Waals surface area contributed by atoms with Gasteiger partial charge in [0.05, 0.1) is 6.42 Å². The fourth-order valence-electron chi connectivity index (χ4n) is 2.29. The fourth-order valence-corrected chi connectivity index (χ4v) is 2.29. The summed E-state index contributed by atoms with van der Waals surface area (Å²) < 4.78 is 11.0. The Balaban J connectivity index is 1.69. The van der Waals surface area contributed by atoms with E-state index in [0.717, 1.165) is 22.6 Å². The zero-order valence-electron chi connectivity index (χ0n) is 11.9. The van der Waals surface area contributed by atoms with Crippen molar-refractivity contribution in [1.29, 1.82) is 0 Å². The lowest BCUT2D eigenvalue weighted by Crippen LogP contribution is -2.17. The second-order valence-electron chi connectivity index (χ2n) is 5.02. The minimum absolute atomic E-state index is 0.0408. The van der Waals surface area contributed by atoms with Crippen LogP contribution in [-0.2, 0) is 11.2 Å². The van der Waals surface area contributed by atoms with Crippen molar-refractivity contribution >= 4 is 11.6 Å². The summed E-state index contributed by atoms with van der Waals surface area (Å²) in [5, 5.41) is 2.93. The van der Waals surface area contributed by atoms with Crippen LogP contribution in [0.3, 0.4) is 0 Å². The predicted molar refractivity (Wildman–Crippen MR) is 80.9 cm³/mol. The lowest BCUT2D eigenvalue weighted by atomic mass is 10.1. The van der Waals surface area contributed by atoms with Gasteiger partial charge in [0.2, 0.25) is 5.91 Å². The Morgan fingerprint density at radius 1 is 1.10 bits per heavy atom. The minimum atomic E-state index is -0.0408. The number of amides is 1. The number of rotatable bonds is 3. The summed E-state index contributed by atoms with van der Waals surface area (Å²) in [6.45, 7) is 3.09. The average molecular weight is 283 g/mol. The van der Waals surface area contributed by atoms with Crippen molar-refractivity contribution < 1.29 is 14.3 Å². The lowest BCUT2D eigenvalue weighted by molar-refractivity contribution is -0.115. The minimum Gasteiger partial charge on any atom is -0.486 e. The monoisotopic (exact) mass is 283 g/mol. The summed E-state index contributed by atoms with van der Waals surface area (Å²) in [5.41, 5.74) is 2.80. The molecular formula is C17H17NO3. The van der Waals surface area contributed by atoms with E-state index in [0.29, 0.717) is 25.4 Å². The Hall–Kier alpha value is -2.49. The number of ether oxygens (including phenoxy) is 2. The van der Waals surface area contributed by atoms with Gasteiger partial charge in [0, 0.05) is 5.69 Å². The second-order valence-corrected chi connectivity index (χ2v) is 5.02. The molecule has 108 valence electrons. The fraction of sp³-hybridized carbons (Fsp3) is 0.235. The van der Waals surface area contributed by atoms with Gasteiger partial charge in [-0.05, 0) is 36.2 Å². The summed E-state index contributed by atoms with van der Waals surface area (Å²) in [4.78, 5) is 12.1. The average Bonchev–Trinajstić information content (AvgIpc) is 2.49. The third-order valence-corrected chi connectivity index (χ3v) is 3.39. The molecule has 1 aliphatic heterocycles. The van der Waals surface area contributed by atoms with Crippen molar-refractivity contribution in [3.05, 3.63) is 53.6 Å². The Morgan fingerprint density at radius 2 is 1.86 bits per heavy atom. The molecule has 2 aromatic rings. The first-order valence-electron chi connectivity index (χ1n) is 6.96. The molecule has 0 fully saturated rings. The molecule has 0 aromatic heterocycles.